The lowest BCUT2D eigenvalue weighted by molar-refractivity contribution is 0.614. The van der Waals surface area contributed by atoms with Crippen molar-refractivity contribution in [1.82, 2.24) is 5.32 Å². The minimum Gasteiger partial charge on any atom is -0.312 e. The van der Waals surface area contributed by atoms with Crippen molar-refractivity contribution in [2.45, 2.75) is 25.8 Å². The Kier molecular flexibility index (Phi) is 5.62. The van der Waals surface area contributed by atoms with Crippen molar-refractivity contribution in [1.29, 1.82) is 0 Å². The molecule has 0 saturated carbocycles. The number of rotatable bonds is 7. The molecule has 23 heavy (non-hydrogen) atoms. The van der Waals surface area contributed by atoms with E-state index < -0.39 is 0 Å². The molecule has 0 amide bonds. The van der Waals surface area contributed by atoms with Crippen molar-refractivity contribution < 1.29 is 0 Å². The van der Waals surface area contributed by atoms with Gasteiger partial charge in [0.1, 0.15) is 0 Å². The van der Waals surface area contributed by atoms with Crippen LogP contribution in [0.2, 0.25) is 0 Å². The lowest BCUT2D eigenvalue weighted by atomic mass is 9.88. The zero-order valence-corrected chi connectivity index (χ0v) is 14.4. The Labute approximate surface area is 143 Å². The summed E-state index contributed by atoms with van der Waals surface area (Å²) in [5.41, 5.74) is 4.19. The van der Waals surface area contributed by atoms with E-state index >= 15 is 0 Å². The van der Waals surface area contributed by atoms with Crippen LogP contribution < -0.4 is 5.32 Å². The maximum Gasteiger partial charge on any atom is 0.0302 e. The van der Waals surface area contributed by atoms with Gasteiger partial charge in [-0.3, -0.25) is 0 Å². The molecule has 0 unspecified atom stereocenters. The van der Waals surface area contributed by atoms with Gasteiger partial charge >= 0.3 is 0 Å². The third kappa shape index (κ3) is 4.31. The van der Waals surface area contributed by atoms with Gasteiger partial charge in [0.2, 0.25) is 0 Å². The van der Waals surface area contributed by atoms with Crippen molar-refractivity contribution in [3.63, 3.8) is 0 Å². The smallest absolute Gasteiger partial charge is 0.0302 e. The molecule has 0 aliphatic heterocycles. The average molecular weight is 321 g/mol. The molecule has 2 aromatic carbocycles. The zero-order valence-electron chi connectivity index (χ0n) is 13.5. The molecule has 0 spiro atoms. The normalized spacial score (nSPS) is 11.0. The highest BCUT2D eigenvalue weighted by Gasteiger charge is 2.13. The predicted molar refractivity (Wildman–Crippen MR) is 100 cm³/mol. The molecule has 0 radical (unpaired) electrons. The lowest BCUT2D eigenvalue weighted by Crippen LogP contribution is -2.17. The summed E-state index contributed by atoms with van der Waals surface area (Å²) in [6.07, 6.45) is 1.11. The molecule has 2 heteroatoms. The van der Waals surface area contributed by atoms with E-state index in [0.29, 0.717) is 5.92 Å². The van der Waals surface area contributed by atoms with E-state index in [9.17, 15) is 0 Å². The lowest BCUT2D eigenvalue weighted by Gasteiger charge is -2.18. The van der Waals surface area contributed by atoms with Gasteiger partial charge < -0.3 is 5.32 Å². The van der Waals surface area contributed by atoms with Crippen molar-refractivity contribution in [3.05, 3.63) is 93.7 Å². The Morgan fingerprint density at radius 1 is 0.870 bits per heavy atom. The van der Waals surface area contributed by atoms with Gasteiger partial charge in [0.25, 0.3) is 0 Å². The first kappa shape index (κ1) is 16.0. The summed E-state index contributed by atoms with van der Waals surface area (Å²) < 4.78 is 0. The van der Waals surface area contributed by atoms with E-state index in [4.69, 9.17) is 0 Å². The molecule has 3 aromatic rings. The van der Waals surface area contributed by atoms with Crippen LogP contribution in [0, 0.1) is 6.92 Å². The van der Waals surface area contributed by atoms with E-state index in [2.05, 4.69) is 84.4 Å². The first-order valence-corrected chi connectivity index (χ1v) is 9.06. The number of aryl methyl sites for hydroxylation is 1. The maximum atomic E-state index is 3.61. The van der Waals surface area contributed by atoms with Crippen molar-refractivity contribution in [2.75, 3.05) is 6.54 Å². The fourth-order valence-electron chi connectivity index (χ4n) is 2.93. The van der Waals surface area contributed by atoms with Gasteiger partial charge in [0.15, 0.2) is 0 Å². The van der Waals surface area contributed by atoms with Crippen molar-refractivity contribution in [2.24, 2.45) is 0 Å². The molecule has 0 aliphatic carbocycles. The third-order valence-corrected chi connectivity index (χ3v) is 5.29. The Hall–Kier alpha value is -1.90. The van der Waals surface area contributed by atoms with Crippen LogP contribution in [0.4, 0.5) is 0 Å². The van der Waals surface area contributed by atoms with Crippen LogP contribution in [0.5, 0.6) is 0 Å². The summed E-state index contributed by atoms with van der Waals surface area (Å²) in [5.74, 6) is 0.453. The van der Waals surface area contributed by atoms with Gasteiger partial charge in [0, 0.05) is 17.3 Å². The molecule has 0 aliphatic rings. The van der Waals surface area contributed by atoms with Gasteiger partial charge in [-0.05, 0) is 48.0 Å². The van der Waals surface area contributed by atoms with Crippen LogP contribution in [0.3, 0.4) is 0 Å². The van der Waals surface area contributed by atoms with E-state index in [0.717, 1.165) is 19.5 Å². The summed E-state index contributed by atoms with van der Waals surface area (Å²) in [6.45, 7) is 4.18. The zero-order chi connectivity index (χ0) is 15.9. The molecule has 1 aromatic heterocycles. The van der Waals surface area contributed by atoms with Gasteiger partial charge in [0.05, 0.1) is 0 Å². The topological polar surface area (TPSA) is 12.0 Å². The molecule has 0 bridgehead atoms. The number of thiophene rings is 1. The minimum atomic E-state index is 0.453. The highest BCUT2D eigenvalue weighted by atomic mass is 32.1. The quantitative estimate of drug-likeness (QED) is 0.577. The second-order valence-electron chi connectivity index (χ2n) is 5.87. The number of nitrogens with one attached hydrogen (secondary N) is 1. The number of hydrogen-bond acceptors (Lipinski definition) is 2. The number of benzene rings is 2. The Morgan fingerprint density at radius 3 is 2.00 bits per heavy atom. The van der Waals surface area contributed by atoms with E-state index in [1.807, 2.05) is 11.3 Å². The van der Waals surface area contributed by atoms with Crippen LogP contribution in [-0.2, 0) is 6.54 Å². The van der Waals surface area contributed by atoms with Gasteiger partial charge in [-0.1, -0.05) is 60.7 Å². The summed E-state index contributed by atoms with van der Waals surface area (Å²) >= 11 is 1.84. The van der Waals surface area contributed by atoms with E-state index in [1.165, 1.54) is 21.6 Å². The van der Waals surface area contributed by atoms with Crippen LogP contribution in [0.15, 0.2) is 72.1 Å². The second-order valence-corrected chi connectivity index (χ2v) is 6.87. The van der Waals surface area contributed by atoms with Crippen LogP contribution in [0.1, 0.15) is 33.9 Å². The fourth-order valence-corrected chi connectivity index (χ4v) is 3.81. The number of hydrogen-bond donors (Lipinski definition) is 1. The van der Waals surface area contributed by atoms with Crippen molar-refractivity contribution >= 4 is 11.3 Å². The van der Waals surface area contributed by atoms with Gasteiger partial charge in [-0.25, -0.2) is 0 Å². The highest BCUT2D eigenvalue weighted by molar-refractivity contribution is 7.10. The minimum absolute atomic E-state index is 0.453. The van der Waals surface area contributed by atoms with Crippen LogP contribution in [0.25, 0.3) is 0 Å². The van der Waals surface area contributed by atoms with E-state index in [1.54, 1.807) is 0 Å². The first-order chi connectivity index (χ1) is 11.3. The molecule has 0 fully saturated rings. The Bertz CT molecular complexity index is 663. The third-order valence-electron chi connectivity index (χ3n) is 4.27. The largest absolute Gasteiger partial charge is 0.312 e. The molecule has 1 heterocycles. The summed E-state index contributed by atoms with van der Waals surface area (Å²) in [5, 5.41) is 5.78. The molecule has 1 N–H and O–H groups in total. The molecule has 0 saturated heterocycles. The second kappa shape index (κ2) is 8.09. The van der Waals surface area contributed by atoms with Crippen LogP contribution >= 0.6 is 11.3 Å². The van der Waals surface area contributed by atoms with E-state index in [-0.39, 0.29) is 0 Å². The Morgan fingerprint density at radius 2 is 1.48 bits per heavy atom. The molecular weight excluding hydrogens is 298 g/mol. The summed E-state index contributed by atoms with van der Waals surface area (Å²) in [4.78, 5) is 1.45. The predicted octanol–water partition coefficient (Wildman–Crippen LogP) is 5.37. The molecule has 0 atom stereocenters. The first-order valence-electron chi connectivity index (χ1n) is 8.18. The van der Waals surface area contributed by atoms with Crippen molar-refractivity contribution in [3.8, 4) is 0 Å². The average Bonchev–Trinajstić information content (AvgIpc) is 3.01. The highest BCUT2D eigenvalue weighted by Crippen LogP contribution is 2.27. The molecule has 118 valence electrons. The Balaban J connectivity index is 1.64. The monoisotopic (exact) mass is 321 g/mol. The fraction of sp³-hybridized carbons (Fsp3) is 0.238. The molecular formula is C21H23NS. The standard InChI is InChI=1S/C21H23NS/c1-17-13-15-23-21(17)16-22-14-12-20(18-8-4-2-5-9-18)19-10-6-3-7-11-19/h2-11,13,15,20,22H,12,14,16H2,1H3. The molecule has 3 rings (SSSR count). The SMILES string of the molecule is Cc1ccsc1CNCCC(c1ccccc1)c1ccccc1. The summed E-state index contributed by atoms with van der Waals surface area (Å²) in [7, 11) is 0. The summed E-state index contributed by atoms with van der Waals surface area (Å²) in [6, 6.07) is 23.8. The molecule has 1 nitrogen and oxygen atoms in total. The maximum absolute atomic E-state index is 3.61. The van der Waals surface area contributed by atoms with Crippen LogP contribution in [-0.4, -0.2) is 6.54 Å². The van der Waals surface area contributed by atoms with Gasteiger partial charge in [-0.2, -0.15) is 0 Å². The van der Waals surface area contributed by atoms with Gasteiger partial charge in [-0.15, -0.1) is 11.3 Å².